The van der Waals surface area contributed by atoms with Crippen LogP contribution in [0.15, 0.2) is 158 Å². The van der Waals surface area contributed by atoms with Crippen LogP contribution >= 0.6 is 0 Å². The van der Waals surface area contributed by atoms with Crippen molar-refractivity contribution in [3.05, 3.63) is 203 Å². The number of fused-ring (bicyclic) bond motifs is 4. The molecule has 0 N–H and O–H groups in total. The molecule has 0 aliphatic heterocycles. The van der Waals surface area contributed by atoms with Crippen LogP contribution in [0, 0.1) is 5.92 Å². The monoisotopic (exact) mass is 724 g/mol. The fraction of sp³-hybridized carbons (Fsp3) is 0.184. The highest BCUT2D eigenvalue weighted by Crippen LogP contribution is 2.63. The van der Waals surface area contributed by atoms with Gasteiger partial charge in [-0.15, -0.1) is 0 Å². The van der Waals surface area contributed by atoms with Gasteiger partial charge in [-0.25, -0.2) is 4.79 Å². The number of ether oxygens (including phenoxy) is 4. The number of carbonyl (C=O) groups excluding carboxylic acids is 2. The summed E-state index contributed by atoms with van der Waals surface area (Å²) in [5.74, 6) is -0.681. The molecule has 0 amide bonds. The van der Waals surface area contributed by atoms with Crippen molar-refractivity contribution in [2.45, 2.75) is 36.9 Å². The molecule has 10 rings (SSSR count). The van der Waals surface area contributed by atoms with Crippen LogP contribution in [0.25, 0.3) is 11.1 Å². The number of esters is 2. The Morgan fingerprint density at radius 3 is 1.49 bits per heavy atom. The molecule has 0 radical (unpaired) electrons. The van der Waals surface area contributed by atoms with Crippen LogP contribution in [0.5, 0.6) is 11.5 Å². The number of benzene rings is 6. The van der Waals surface area contributed by atoms with E-state index < -0.39 is 28.5 Å². The van der Waals surface area contributed by atoms with Crippen molar-refractivity contribution in [3.8, 4) is 22.6 Å². The second-order valence-electron chi connectivity index (χ2n) is 14.2. The lowest BCUT2D eigenvalue weighted by molar-refractivity contribution is -0.170. The molecule has 6 aromatic rings. The van der Waals surface area contributed by atoms with Gasteiger partial charge in [-0.2, -0.15) is 0 Å². The SMILES string of the molecule is C=CC(=O)Oc1ccc(C2(c3ccc(OC(=O)C4CC5(OCC)c6ccccc6C4(OCC)c4ccccc45)cc3)c3ccccc3-c3ccccc32)cc1. The third-order valence-corrected chi connectivity index (χ3v) is 11.7. The highest BCUT2D eigenvalue weighted by Gasteiger charge is 2.64. The van der Waals surface area contributed by atoms with Crippen LogP contribution < -0.4 is 9.47 Å². The molecular formula is C49H40O6. The van der Waals surface area contributed by atoms with Gasteiger partial charge < -0.3 is 18.9 Å². The third-order valence-electron chi connectivity index (χ3n) is 11.7. The maximum absolute atomic E-state index is 14.7. The lowest BCUT2D eigenvalue weighted by atomic mass is 9.54. The molecule has 2 bridgehead atoms. The first-order valence-corrected chi connectivity index (χ1v) is 18.9. The molecule has 4 aliphatic carbocycles. The minimum atomic E-state index is -1.04. The topological polar surface area (TPSA) is 71.1 Å². The van der Waals surface area contributed by atoms with Crippen LogP contribution in [0.1, 0.15) is 64.8 Å². The van der Waals surface area contributed by atoms with E-state index in [1.54, 1.807) is 0 Å². The normalized spacial score (nSPS) is 20.7. The number of rotatable bonds is 10. The van der Waals surface area contributed by atoms with E-state index in [0.717, 1.165) is 61.7 Å². The number of hydrogen-bond donors (Lipinski definition) is 0. The van der Waals surface area contributed by atoms with E-state index in [1.165, 1.54) is 0 Å². The predicted molar refractivity (Wildman–Crippen MR) is 211 cm³/mol. The standard InChI is InChI=1S/C49H40O6/c1-4-45(50)54-34-27-23-32(24-28-34)48(38-17-9-7-15-36(38)37-16-8-10-18-39(37)48)33-25-29-35(30-26-33)55-46(51)44-31-47(52-5-2)40-19-11-13-21-42(40)49(44,53-6-3)43-22-14-12-20-41(43)47/h4,7-30,44H,1,5-6,31H2,2-3H3. The van der Waals surface area contributed by atoms with E-state index in [1.807, 2.05) is 86.6 Å². The Kier molecular flexibility index (Phi) is 8.41. The van der Waals surface area contributed by atoms with E-state index in [0.29, 0.717) is 31.1 Å². The van der Waals surface area contributed by atoms with Gasteiger partial charge in [0.15, 0.2) is 0 Å². The van der Waals surface area contributed by atoms with Gasteiger partial charge in [0.05, 0.1) is 11.3 Å². The van der Waals surface area contributed by atoms with Crippen molar-refractivity contribution in [1.82, 2.24) is 0 Å². The first-order valence-electron chi connectivity index (χ1n) is 18.9. The molecule has 55 heavy (non-hydrogen) atoms. The minimum absolute atomic E-state index is 0.370. The average Bonchev–Trinajstić information content (AvgIpc) is 3.53. The molecule has 6 nitrogen and oxygen atoms in total. The molecule has 272 valence electrons. The van der Waals surface area contributed by atoms with Gasteiger partial charge in [0, 0.05) is 25.7 Å². The average molecular weight is 725 g/mol. The fourth-order valence-corrected chi connectivity index (χ4v) is 9.74. The lowest BCUT2D eigenvalue weighted by Gasteiger charge is -2.57. The maximum Gasteiger partial charge on any atom is 0.335 e. The molecule has 0 saturated carbocycles. The van der Waals surface area contributed by atoms with Gasteiger partial charge >= 0.3 is 11.9 Å². The van der Waals surface area contributed by atoms with Crippen LogP contribution in [-0.4, -0.2) is 25.2 Å². The molecule has 0 fully saturated rings. The molecule has 6 heteroatoms. The highest BCUT2D eigenvalue weighted by atomic mass is 16.5. The van der Waals surface area contributed by atoms with Gasteiger partial charge in [-0.1, -0.05) is 128 Å². The van der Waals surface area contributed by atoms with Crippen molar-refractivity contribution in [1.29, 1.82) is 0 Å². The van der Waals surface area contributed by atoms with E-state index in [-0.39, 0.29) is 5.97 Å². The van der Waals surface area contributed by atoms with Gasteiger partial charge in [-0.05, 0) is 93.7 Å². The Bertz CT molecular complexity index is 2370. The molecular weight excluding hydrogens is 685 g/mol. The molecule has 0 heterocycles. The molecule has 0 aromatic heterocycles. The molecule has 0 spiro atoms. The Balaban J connectivity index is 1.12. The number of carbonyl (C=O) groups is 2. The first kappa shape index (κ1) is 34.7. The van der Waals surface area contributed by atoms with Crippen molar-refractivity contribution in [3.63, 3.8) is 0 Å². The van der Waals surface area contributed by atoms with Crippen LogP contribution in [0.2, 0.25) is 0 Å². The fourth-order valence-electron chi connectivity index (χ4n) is 9.74. The van der Waals surface area contributed by atoms with Crippen molar-refractivity contribution >= 4 is 11.9 Å². The summed E-state index contributed by atoms with van der Waals surface area (Å²) in [4.78, 5) is 26.7. The van der Waals surface area contributed by atoms with E-state index in [2.05, 4.69) is 79.4 Å². The molecule has 1 atom stereocenters. The minimum Gasteiger partial charge on any atom is -0.426 e. The van der Waals surface area contributed by atoms with Gasteiger partial charge in [-0.3, -0.25) is 4.79 Å². The van der Waals surface area contributed by atoms with E-state index in [9.17, 15) is 9.59 Å². The summed E-state index contributed by atoms with van der Waals surface area (Å²) in [6.45, 7) is 8.37. The van der Waals surface area contributed by atoms with Crippen LogP contribution in [0.3, 0.4) is 0 Å². The van der Waals surface area contributed by atoms with Gasteiger partial charge in [0.2, 0.25) is 0 Å². The zero-order valence-corrected chi connectivity index (χ0v) is 30.8. The molecule has 0 saturated heterocycles. The third kappa shape index (κ3) is 4.95. The molecule has 6 aromatic carbocycles. The summed E-state index contributed by atoms with van der Waals surface area (Å²) in [7, 11) is 0. The predicted octanol–water partition coefficient (Wildman–Crippen LogP) is 9.64. The first-order chi connectivity index (χ1) is 26.9. The Labute approximate surface area is 321 Å². The summed E-state index contributed by atoms with van der Waals surface area (Å²) in [6, 6.07) is 48.8. The van der Waals surface area contributed by atoms with Gasteiger partial charge in [0.1, 0.15) is 22.7 Å². The Morgan fingerprint density at radius 2 is 1.02 bits per heavy atom. The molecule has 4 aliphatic rings. The van der Waals surface area contributed by atoms with Crippen molar-refractivity contribution < 1.29 is 28.5 Å². The summed E-state index contributed by atoms with van der Waals surface area (Å²) in [6.07, 6.45) is 1.54. The highest BCUT2D eigenvalue weighted by molar-refractivity contribution is 5.87. The maximum atomic E-state index is 14.7. The molecule has 1 unspecified atom stereocenters. The second kappa shape index (κ2) is 13.3. The summed E-state index contributed by atoms with van der Waals surface area (Å²) in [5.41, 5.74) is 7.96. The Hall–Kier alpha value is -6.08. The van der Waals surface area contributed by atoms with Crippen LogP contribution in [-0.2, 0) is 35.7 Å². The van der Waals surface area contributed by atoms with Crippen molar-refractivity contribution in [2.75, 3.05) is 13.2 Å². The van der Waals surface area contributed by atoms with E-state index >= 15 is 0 Å². The van der Waals surface area contributed by atoms with E-state index in [4.69, 9.17) is 18.9 Å². The zero-order valence-electron chi connectivity index (χ0n) is 30.8. The lowest BCUT2D eigenvalue weighted by Crippen LogP contribution is -2.59. The summed E-state index contributed by atoms with van der Waals surface area (Å²) >= 11 is 0. The second-order valence-corrected chi connectivity index (χ2v) is 14.2. The number of hydrogen-bond acceptors (Lipinski definition) is 6. The zero-order chi connectivity index (χ0) is 37.8. The Morgan fingerprint density at radius 1 is 0.582 bits per heavy atom. The van der Waals surface area contributed by atoms with Crippen LogP contribution in [0.4, 0.5) is 0 Å². The summed E-state index contributed by atoms with van der Waals surface area (Å²) < 4.78 is 25.3. The van der Waals surface area contributed by atoms with Crippen molar-refractivity contribution in [2.24, 2.45) is 5.92 Å². The smallest absolute Gasteiger partial charge is 0.335 e. The largest absolute Gasteiger partial charge is 0.426 e. The quantitative estimate of drug-likeness (QED) is 0.0795. The summed E-state index contributed by atoms with van der Waals surface area (Å²) in [5, 5.41) is 0. The van der Waals surface area contributed by atoms with Gasteiger partial charge in [0.25, 0.3) is 0 Å².